The fourth-order valence-corrected chi connectivity index (χ4v) is 2.49. The molecule has 0 heterocycles. The zero-order chi connectivity index (χ0) is 19.7. The Kier molecular flexibility index (Phi) is 8.29. The third-order valence-electron chi connectivity index (χ3n) is 3.65. The third-order valence-corrected chi connectivity index (χ3v) is 3.65. The largest absolute Gasteiger partial charge is 0.466 e. The van der Waals surface area contributed by atoms with Crippen LogP contribution >= 0.6 is 0 Å². The number of benzene rings is 1. The molecule has 26 heavy (non-hydrogen) atoms. The molecule has 1 rings (SSSR count). The molecule has 0 aliphatic rings. The lowest BCUT2D eigenvalue weighted by atomic mass is 9.96. The summed E-state index contributed by atoms with van der Waals surface area (Å²) >= 11 is 0. The highest BCUT2D eigenvalue weighted by Crippen LogP contribution is 2.15. The van der Waals surface area contributed by atoms with E-state index in [1.807, 2.05) is 12.1 Å². The number of esters is 1. The smallest absolute Gasteiger partial charge is 0.407 e. The van der Waals surface area contributed by atoms with Crippen molar-refractivity contribution in [2.45, 2.75) is 59.1 Å². The lowest BCUT2D eigenvalue weighted by molar-refractivity contribution is -0.147. The van der Waals surface area contributed by atoms with Gasteiger partial charge in [-0.2, -0.15) is 0 Å². The molecule has 0 radical (unpaired) electrons. The minimum Gasteiger partial charge on any atom is -0.466 e. The van der Waals surface area contributed by atoms with Crippen LogP contribution in [-0.4, -0.2) is 36.6 Å². The number of nitrogens with one attached hydrogen (secondary N) is 1. The van der Waals surface area contributed by atoms with Crippen molar-refractivity contribution in [3.63, 3.8) is 0 Å². The SMILES string of the molecule is CCOC(=O)C(C)CC(Cc1ccc(C=O)cc1)NC(=O)OC(C)(C)C. The number of ether oxygens (including phenoxy) is 2. The highest BCUT2D eigenvalue weighted by molar-refractivity contribution is 5.74. The van der Waals surface area contributed by atoms with Crippen LogP contribution in [0.3, 0.4) is 0 Å². The summed E-state index contributed by atoms with van der Waals surface area (Å²) in [5, 5.41) is 2.84. The lowest BCUT2D eigenvalue weighted by Crippen LogP contribution is -2.41. The van der Waals surface area contributed by atoms with E-state index in [0.717, 1.165) is 11.8 Å². The Morgan fingerprint density at radius 3 is 2.31 bits per heavy atom. The Bertz CT molecular complexity index is 604. The van der Waals surface area contributed by atoms with E-state index < -0.39 is 11.7 Å². The number of hydrogen-bond acceptors (Lipinski definition) is 5. The molecule has 2 atom stereocenters. The Hall–Kier alpha value is -2.37. The van der Waals surface area contributed by atoms with Gasteiger partial charge < -0.3 is 14.8 Å². The third kappa shape index (κ3) is 8.14. The fourth-order valence-electron chi connectivity index (χ4n) is 2.49. The van der Waals surface area contributed by atoms with Crippen molar-refractivity contribution >= 4 is 18.3 Å². The molecule has 1 N–H and O–H groups in total. The number of carbonyl (C=O) groups is 3. The number of alkyl carbamates (subject to hydrolysis) is 1. The zero-order valence-corrected chi connectivity index (χ0v) is 16.2. The molecule has 1 aromatic rings. The molecule has 0 saturated heterocycles. The van der Waals surface area contributed by atoms with Gasteiger partial charge in [0.05, 0.1) is 12.5 Å². The molecule has 1 aromatic carbocycles. The van der Waals surface area contributed by atoms with Crippen LogP contribution in [0.25, 0.3) is 0 Å². The first kappa shape index (κ1) is 21.7. The van der Waals surface area contributed by atoms with Crippen LogP contribution < -0.4 is 5.32 Å². The molecule has 6 nitrogen and oxygen atoms in total. The molecule has 6 heteroatoms. The van der Waals surface area contributed by atoms with Crippen molar-refractivity contribution in [1.82, 2.24) is 5.32 Å². The maximum Gasteiger partial charge on any atom is 0.407 e. The lowest BCUT2D eigenvalue weighted by Gasteiger charge is -2.25. The Morgan fingerprint density at radius 1 is 1.19 bits per heavy atom. The van der Waals surface area contributed by atoms with Crippen LogP contribution in [-0.2, 0) is 20.7 Å². The summed E-state index contributed by atoms with van der Waals surface area (Å²) in [7, 11) is 0. The second kappa shape index (κ2) is 9.94. The summed E-state index contributed by atoms with van der Waals surface area (Å²) in [5.41, 5.74) is 0.936. The van der Waals surface area contributed by atoms with E-state index in [1.165, 1.54) is 0 Å². The van der Waals surface area contributed by atoms with Crippen LogP contribution in [0.2, 0.25) is 0 Å². The van der Waals surface area contributed by atoms with Gasteiger partial charge in [-0.25, -0.2) is 4.79 Å². The average molecular weight is 363 g/mol. The molecule has 0 aromatic heterocycles. The van der Waals surface area contributed by atoms with Crippen LogP contribution in [0.1, 0.15) is 57.0 Å². The van der Waals surface area contributed by atoms with Gasteiger partial charge in [-0.15, -0.1) is 0 Å². The summed E-state index contributed by atoms with van der Waals surface area (Å²) < 4.78 is 10.4. The number of rotatable bonds is 8. The van der Waals surface area contributed by atoms with E-state index in [9.17, 15) is 14.4 Å². The first-order chi connectivity index (χ1) is 12.1. The molecule has 0 aliphatic heterocycles. The number of carbonyl (C=O) groups excluding carboxylic acids is 3. The first-order valence-electron chi connectivity index (χ1n) is 8.85. The highest BCUT2D eigenvalue weighted by Gasteiger charge is 2.24. The van der Waals surface area contributed by atoms with Crippen molar-refractivity contribution in [1.29, 1.82) is 0 Å². The molecule has 0 fully saturated rings. The minimum absolute atomic E-state index is 0.292. The van der Waals surface area contributed by atoms with Crippen LogP contribution in [0.15, 0.2) is 24.3 Å². The van der Waals surface area contributed by atoms with Crippen molar-refractivity contribution < 1.29 is 23.9 Å². The maximum atomic E-state index is 12.1. The first-order valence-corrected chi connectivity index (χ1v) is 8.85. The molecule has 0 aliphatic carbocycles. The Labute approximate surface area is 155 Å². The van der Waals surface area contributed by atoms with E-state index in [4.69, 9.17) is 9.47 Å². The summed E-state index contributed by atoms with van der Waals surface area (Å²) in [6, 6.07) is 6.82. The van der Waals surface area contributed by atoms with E-state index in [0.29, 0.717) is 25.0 Å². The Balaban J connectivity index is 2.83. The normalized spacial score (nSPS) is 13.4. The summed E-state index contributed by atoms with van der Waals surface area (Å²) in [6.07, 6.45) is 1.20. The number of hydrogen-bond donors (Lipinski definition) is 1. The summed E-state index contributed by atoms with van der Waals surface area (Å²) in [4.78, 5) is 34.8. The van der Waals surface area contributed by atoms with Gasteiger partial charge in [-0.05, 0) is 46.1 Å². The highest BCUT2D eigenvalue weighted by atomic mass is 16.6. The molecule has 144 valence electrons. The number of aldehydes is 1. The van der Waals surface area contributed by atoms with Crippen molar-refractivity contribution in [2.75, 3.05) is 6.61 Å². The second-order valence-electron chi connectivity index (χ2n) is 7.30. The van der Waals surface area contributed by atoms with Gasteiger partial charge in [-0.1, -0.05) is 31.2 Å². The molecule has 0 bridgehead atoms. The standard InChI is InChI=1S/C20H29NO5/c1-6-25-18(23)14(2)11-17(21-19(24)26-20(3,4)5)12-15-7-9-16(13-22)10-8-15/h7-10,13-14,17H,6,11-12H2,1-5H3,(H,21,24). The van der Waals surface area contributed by atoms with Crippen molar-refractivity contribution in [2.24, 2.45) is 5.92 Å². The van der Waals surface area contributed by atoms with E-state index in [-0.39, 0.29) is 17.9 Å². The van der Waals surface area contributed by atoms with Gasteiger partial charge >= 0.3 is 12.1 Å². The van der Waals surface area contributed by atoms with Crippen LogP contribution in [0.5, 0.6) is 0 Å². The van der Waals surface area contributed by atoms with E-state index in [1.54, 1.807) is 46.8 Å². The zero-order valence-electron chi connectivity index (χ0n) is 16.2. The van der Waals surface area contributed by atoms with Crippen LogP contribution in [0, 0.1) is 5.92 Å². The topological polar surface area (TPSA) is 81.7 Å². The summed E-state index contributed by atoms with van der Waals surface area (Å²) in [5.74, 6) is -0.649. The predicted octanol–water partition coefficient (Wildman–Crippen LogP) is 3.52. The van der Waals surface area contributed by atoms with Gasteiger partial charge in [0.15, 0.2) is 0 Å². The van der Waals surface area contributed by atoms with Crippen molar-refractivity contribution in [3.05, 3.63) is 35.4 Å². The van der Waals surface area contributed by atoms with Gasteiger partial charge in [0.2, 0.25) is 0 Å². The van der Waals surface area contributed by atoms with E-state index >= 15 is 0 Å². The van der Waals surface area contributed by atoms with E-state index in [2.05, 4.69) is 5.32 Å². The van der Waals surface area contributed by atoms with Gasteiger partial charge in [-0.3, -0.25) is 9.59 Å². The van der Waals surface area contributed by atoms with Crippen LogP contribution in [0.4, 0.5) is 4.79 Å². The van der Waals surface area contributed by atoms with Gasteiger partial charge in [0, 0.05) is 11.6 Å². The molecule has 1 amide bonds. The predicted molar refractivity (Wildman–Crippen MR) is 99.1 cm³/mol. The molecular formula is C20H29NO5. The minimum atomic E-state index is -0.604. The fraction of sp³-hybridized carbons (Fsp3) is 0.550. The van der Waals surface area contributed by atoms with Gasteiger partial charge in [0.1, 0.15) is 11.9 Å². The van der Waals surface area contributed by atoms with Crippen molar-refractivity contribution in [3.8, 4) is 0 Å². The number of amides is 1. The second-order valence-corrected chi connectivity index (χ2v) is 7.30. The maximum absolute atomic E-state index is 12.1. The molecule has 0 spiro atoms. The van der Waals surface area contributed by atoms with Gasteiger partial charge in [0.25, 0.3) is 0 Å². The molecular weight excluding hydrogens is 334 g/mol. The molecule has 0 saturated carbocycles. The Morgan fingerprint density at radius 2 is 1.81 bits per heavy atom. The molecule has 2 unspecified atom stereocenters. The summed E-state index contributed by atoms with van der Waals surface area (Å²) in [6.45, 7) is 9.23. The quantitative estimate of drug-likeness (QED) is 0.564. The monoisotopic (exact) mass is 363 g/mol. The average Bonchev–Trinajstić information content (AvgIpc) is 2.53.